The van der Waals surface area contributed by atoms with E-state index in [0.29, 0.717) is 13.0 Å². The van der Waals surface area contributed by atoms with E-state index in [2.05, 4.69) is 6.58 Å². The van der Waals surface area contributed by atoms with Gasteiger partial charge in [-0.15, -0.1) is 0 Å². The summed E-state index contributed by atoms with van der Waals surface area (Å²) in [6, 6.07) is 6.66. The van der Waals surface area contributed by atoms with Crippen LogP contribution in [-0.2, 0) is 11.2 Å². The molecule has 102 valence electrons. The maximum Gasteiger partial charge on any atom is 0.409 e. The molecule has 0 bridgehead atoms. The summed E-state index contributed by atoms with van der Waals surface area (Å²) >= 11 is 0. The third-order valence-electron chi connectivity index (χ3n) is 2.55. The second-order valence-corrected chi connectivity index (χ2v) is 4.04. The lowest BCUT2D eigenvalue weighted by atomic mass is 10.1. The van der Waals surface area contributed by atoms with Crippen molar-refractivity contribution in [3.05, 3.63) is 48.0 Å². The Hall–Kier alpha value is -2.30. The summed E-state index contributed by atoms with van der Waals surface area (Å²) in [6.45, 7) is 4.10. The van der Waals surface area contributed by atoms with Crippen LogP contribution in [0.4, 0.5) is 4.79 Å². The number of hydrogen-bond acceptors (Lipinski definition) is 3. The number of nitrogens with zero attached hydrogens (tertiary/aromatic N) is 1. The maximum absolute atomic E-state index is 11.5. The van der Waals surface area contributed by atoms with Crippen molar-refractivity contribution in [3.8, 4) is 0 Å². The van der Waals surface area contributed by atoms with Gasteiger partial charge in [-0.25, -0.2) is 9.59 Å². The van der Waals surface area contributed by atoms with Crippen molar-refractivity contribution in [2.75, 3.05) is 20.2 Å². The number of ether oxygens (including phenoxy) is 1. The molecule has 0 spiro atoms. The molecule has 0 aromatic heterocycles. The molecule has 1 aromatic rings. The average Bonchev–Trinajstić information content (AvgIpc) is 2.42. The Kier molecular flexibility index (Phi) is 5.60. The van der Waals surface area contributed by atoms with Crippen molar-refractivity contribution >= 4 is 12.1 Å². The van der Waals surface area contributed by atoms with E-state index in [1.807, 2.05) is 6.07 Å². The minimum atomic E-state index is -0.958. The fraction of sp³-hybridized carbons (Fsp3) is 0.286. The van der Waals surface area contributed by atoms with Crippen LogP contribution in [0.3, 0.4) is 0 Å². The van der Waals surface area contributed by atoms with Crippen molar-refractivity contribution in [1.29, 1.82) is 0 Å². The second-order valence-electron chi connectivity index (χ2n) is 4.04. The van der Waals surface area contributed by atoms with Gasteiger partial charge in [0.25, 0.3) is 0 Å². The van der Waals surface area contributed by atoms with Crippen LogP contribution in [0.15, 0.2) is 36.9 Å². The molecular weight excluding hydrogens is 246 g/mol. The molecule has 1 N–H and O–H groups in total. The first-order valence-corrected chi connectivity index (χ1v) is 5.85. The number of likely N-dealkylation sites (N-methyl/N-ethyl adjacent to an activating group) is 1. The van der Waals surface area contributed by atoms with Crippen LogP contribution in [0.1, 0.15) is 15.9 Å². The molecule has 0 unspecified atom stereocenters. The van der Waals surface area contributed by atoms with Gasteiger partial charge in [-0.2, -0.15) is 0 Å². The van der Waals surface area contributed by atoms with E-state index in [0.717, 1.165) is 5.56 Å². The number of rotatable bonds is 6. The molecule has 0 saturated carbocycles. The van der Waals surface area contributed by atoms with Crippen molar-refractivity contribution in [1.82, 2.24) is 4.90 Å². The lowest BCUT2D eigenvalue weighted by Gasteiger charge is -2.16. The Morgan fingerprint density at radius 2 is 2.21 bits per heavy atom. The molecule has 0 heterocycles. The van der Waals surface area contributed by atoms with Crippen molar-refractivity contribution in [2.24, 2.45) is 0 Å². The Morgan fingerprint density at radius 3 is 2.84 bits per heavy atom. The molecule has 5 heteroatoms. The molecule has 1 aromatic carbocycles. The number of carbonyl (C=O) groups is 2. The van der Waals surface area contributed by atoms with E-state index < -0.39 is 12.1 Å². The van der Waals surface area contributed by atoms with E-state index in [9.17, 15) is 9.59 Å². The number of aromatic carboxylic acids is 1. The zero-order valence-electron chi connectivity index (χ0n) is 10.8. The molecular formula is C14H17NO4. The van der Waals surface area contributed by atoms with Crippen molar-refractivity contribution in [2.45, 2.75) is 6.42 Å². The Balaban J connectivity index is 2.52. The van der Waals surface area contributed by atoms with Gasteiger partial charge in [-0.05, 0) is 24.1 Å². The van der Waals surface area contributed by atoms with Crippen molar-refractivity contribution < 1.29 is 19.4 Å². The topological polar surface area (TPSA) is 66.8 Å². The van der Waals surface area contributed by atoms with Crippen LogP contribution < -0.4 is 0 Å². The summed E-state index contributed by atoms with van der Waals surface area (Å²) in [7, 11) is 1.63. The lowest BCUT2D eigenvalue weighted by Crippen LogP contribution is -2.29. The van der Waals surface area contributed by atoms with Gasteiger partial charge >= 0.3 is 12.1 Å². The SMILES string of the molecule is C=CCOC(=O)N(C)CCc1cccc(C(=O)O)c1. The molecule has 0 saturated heterocycles. The van der Waals surface area contributed by atoms with Crippen LogP contribution in [0, 0.1) is 0 Å². The highest BCUT2D eigenvalue weighted by Gasteiger charge is 2.09. The van der Waals surface area contributed by atoms with Gasteiger partial charge in [0.15, 0.2) is 0 Å². The number of carbonyl (C=O) groups excluding carboxylic acids is 1. The molecule has 0 radical (unpaired) electrons. The first kappa shape index (κ1) is 14.8. The third-order valence-corrected chi connectivity index (χ3v) is 2.55. The quantitative estimate of drug-likeness (QED) is 0.799. The molecule has 0 aliphatic heterocycles. The number of hydrogen-bond donors (Lipinski definition) is 1. The summed E-state index contributed by atoms with van der Waals surface area (Å²) in [5.41, 5.74) is 1.11. The van der Waals surface area contributed by atoms with Gasteiger partial charge in [-0.3, -0.25) is 0 Å². The fourth-order valence-corrected chi connectivity index (χ4v) is 1.49. The van der Waals surface area contributed by atoms with Crippen LogP contribution in [0.2, 0.25) is 0 Å². The molecule has 0 fully saturated rings. The monoisotopic (exact) mass is 263 g/mol. The van der Waals surface area contributed by atoms with Gasteiger partial charge in [0.2, 0.25) is 0 Å². The van der Waals surface area contributed by atoms with Gasteiger partial charge in [0, 0.05) is 13.6 Å². The van der Waals surface area contributed by atoms with Crippen LogP contribution in [0.25, 0.3) is 0 Å². The van der Waals surface area contributed by atoms with E-state index >= 15 is 0 Å². The smallest absolute Gasteiger partial charge is 0.409 e. The molecule has 1 rings (SSSR count). The third kappa shape index (κ3) is 4.83. The Morgan fingerprint density at radius 1 is 1.47 bits per heavy atom. The first-order chi connectivity index (χ1) is 9.04. The second kappa shape index (κ2) is 7.20. The predicted octanol–water partition coefficient (Wildman–Crippen LogP) is 2.18. The Labute approximate surface area is 112 Å². The van der Waals surface area contributed by atoms with Crippen LogP contribution in [0.5, 0.6) is 0 Å². The summed E-state index contributed by atoms with van der Waals surface area (Å²) in [5.74, 6) is -0.958. The van der Waals surface area contributed by atoms with Gasteiger partial charge in [0.05, 0.1) is 5.56 Å². The highest BCUT2D eigenvalue weighted by Crippen LogP contribution is 2.07. The van der Waals surface area contributed by atoms with E-state index in [1.54, 1.807) is 19.2 Å². The molecule has 0 aliphatic rings. The summed E-state index contributed by atoms with van der Waals surface area (Å²) in [4.78, 5) is 23.7. The van der Waals surface area contributed by atoms with Gasteiger partial charge in [0.1, 0.15) is 6.61 Å². The maximum atomic E-state index is 11.5. The summed E-state index contributed by atoms with van der Waals surface area (Å²) in [5, 5.41) is 8.88. The fourth-order valence-electron chi connectivity index (χ4n) is 1.49. The molecule has 19 heavy (non-hydrogen) atoms. The average molecular weight is 263 g/mol. The van der Waals surface area contributed by atoms with E-state index in [-0.39, 0.29) is 12.2 Å². The zero-order valence-corrected chi connectivity index (χ0v) is 10.8. The minimum Gasteiger partial charge on any atom is -0.478 e. The predicted molar refractivity (Wildman–Crippen MR) is 71.3 cm³/mol. The number of carboxylic acids is 1. The molecule has 0 atom stereocenters. The first-order valence-electron chi connectivity index (χ1n) is 5.85. The lowest BCUT2D eigenvalue weighted by molar-refractivity contribution is 0.0696. The molecule has 1 amide bonds. The Bertz CT molecular complexity index is 470. The zero-order chi connectivity index (χ0) is 14.3. The van der Waals surface area contributed by atoms with E-state index in [4.69, 9.17) is 9.84 Å². The number of benzene rings is 1. The standard InChI is InChI=1S/C14H17NO4/c1-3-9-19-14(18)15(2)8-7-11-5-4-6-12(10-11)13(16)17/h3-6,10H,1,7-9H2,2H3,(H,16,17). The highest BCUT2D eigenvalue weighted by molar-refractivity contribution is 5.87. The molecule has 5 nitrogen and oxygen atoms in total. The van der Waals surface area contributed by atoms with E-state index in [1.165, 1.54) is 17.0 Å². The highest BCUT2D eigenvalue weighted by atomic mass is 16.6. The largest absolute Gasteiger partial charge is 0.478 e. The molecule has 0 aliphatic carbocycles. The summed E-state index contributed by atoms with van der Waals surface area (Å²) in [6.07, 6.45) is 1.65. The normalized spacial score (nSPS) is 9.74. The van der Waals surface area contributed by atoms with Crippen LogP contribution in [-0.4, -0.2) is 42.3 Å². The minimum absolute atomic E-state index is 0.178. The van der Waals surface area contributed by atoms with Crippen LogP contribution >= 0.6 is 0 Å². The number of amides is 1. The van der Waals surface area contributed by atoms with Gasteiger partial charge < -0.3 is 14.7 Å². The van der Waals surface area contributed by atoms with Crippen molar-refractivity contribution in [3.63, 3.8) is 0 Å². The number of carboxylic acid groups (broad SMARTS) is 1. The summed E-state index contributed by atoms with van der Waals surface area (Å²) < 4.78 is 4.88. The van der Waals surface area contributed by atoms with Gasteiger partial charge in [-0.1, -0.05) is 24.8 Å².